The van der Waals surface area contributed by atoms with Gasteiger partial charge in [0.25, 0.3) is 0 Å². The lowest BCUT2D eigenvalue weighted by Gasteiger charge is -2.23. The Hall–Kier alpha value is -0.810. The number of nitrogens with one attached hydrogen (secondary N) is 1. The van der Waals surface area contributed by atoms with E-state index in [0.29, 0.717) is 12.5 Å². The fourth-order valence-electron chi connectivity index (χ4n) is 1.82. The molecule has 1 aliphatic rings. The Morgan fingerprint density at radius 2 is 2.29 bits per heavy atom. The Morgan fingerprint density at radius 3 is 2.76 bits per heavy atom. The van der Waals surface area contributed by atoms with Crippen molar-refractivity contribution in [2.75, 3.05) is 19.8 Å². The van der Waals surface area contributed by atoms with Gasteiger partial charge in [0, 0.05) is 13.2 Å². The molecule has 100 valence electrons. The predicted octanol–water partition coefficient (Wildman–Crippen LogP) is 1.30. The molecule has 0 aliphatic carbocycles. The molecule has 0 bridgehead atoms. The van der Waals surface area contributed by atoms with Gasteiger partial charge in [-0.05, 0) is 39.5 Å². The fraction of sp³-hybridized carbons (Fsp3) is 0.917. The van der Waals surface area contributed by atoms with Crippen LogP contribution in [0.4, 0.5) is 4.79 Å². The van der Waals surface area contributed by atoms with Crippen LogP contribution >= 0.6 is 0 Å². The van der Waals surface area contributed by atoms with E-state index in [4.69, 9.17) is 9.47 Å². The highest BCUT2D eigenvalue weighted by atomic mass is 16.6. The quantitative estimate of drug-likeness (QED) is 0.783. The van der Waals surface area contributed by atoms with Gasteiger partial charge in [-0.2, -0.15) is 0 Å². The van der Waals surface area contributed by atoms with Crippen LogP contribution in [0, 0.1) is 5.92 Å². The number of alkyl carbamates (subject to hydrolysis) is 1. The third kappa shape index (κ3) is 5.89. The van der Waals surface area contributed by atoms with Gasteiger partial charge in [0.2, 0.25) is 0 Å². The average Bonchev–Trinajstić information content (AvgIpc) is 2.66. The van der Waals surface area contributed by atoms with E-state index in [1.165, 1.54) is 0 Å². The van der Waals surface area contributed by atoms with Crippen molar-refractivity contribution < 1.29 is 19.4 Å². The van der Waals surface area contributed by atoms with Gasteiger partial charge in [0.05, 0.1) is 12.6 Å². The van der Waals surface area contributed by atoms with Gasteiger partial charge >= 0.3 is 6.09 Å². The van der Waals surface area contributed by atoms with Gasteiger partial charge in [-0.15, -0.1) is 0 Å². The van der Waals surface area contributed by atoms with Gasteiger partial charge in [-0.3, -0.25) is 0 Å². The van der Waals surface area contributed by atoms with Crippen molar-refractivity contribution in [1.29, 1.82) is 0 Å². The maximum atomic E-state index is 11.5. The number of carbonyl (C=O) groups excluding carboxylic acids is 1. The summed E-state index contributed by atoms with van der Waals surface area (Å²) in [5, 5.41) is 11.9. The number of aliphatic hydroxyl groups is 1. The molecule has 5 heteroatoms. The lowest BCUT2D eigenvalue weighted by molar-refractivity contribution is 0.0470. The number of carbonyl (C=O) groups is 1. The Morgan fingerprint density at radius 1 is 1.59 bits per heavy atom. The molecule has 2 unspecified atom stereocenters. The SMILES string of the molecule is CC(C)(C)OC(=O)NC(CO)CC1CCOC1. The number of amides is 1. The highest BCUT2D eigenvalue weighted by Crippen LogP contribution is 2.18. The summed E-state index contributed by atoms with van der Waals surface area (Å²) >= 11 is 0. The summed E-state index contributed by atoms with van der Waals surface area (Å²) in [6.07, 6.45) is 1.25. The zero-order valence-corrected chi connectivity index (χ0v) is 10.9. The Labute approximate surface area is 102 Å². The van der Waals surface area contributed by atoms with Crippen LogP contribution in [-0.4, -0.2) is 42.7 Å². The second-order valence-corrected chi connectivity index (χ2v) is 5.49. The van der Waals surface area contributed by atoms with Crippen molar-refractivity contribution >= 4 is 6.09 Å². The van der Waals surface area contributed by atoms with Crippen LogP contribution < -0.4 is 5.32 Å². The largest absolute Gasteiger partial charge is 0.444 e. The van der Waals surface area contributed by atoms with Crippen molar-refractivity contribution in [3.63, 3.8) is 0 Å². The van der Waals surface area contributed by atoms with Crippen molar-refractivity contribution in [1.82, 2.24) is 5.32 Å². The van der Waals surface area contributed by atoms with E-state index in [9.17, 15) is 9.90 Å². The highest BCUT2D eigenvalue weighted by molar-refractivity contribution is 5.68. The number of rotatable bonds is 4. The van der Waals surface area contributed by atoms with E-state index in [1.807, 2.05) is 20.8 Å². The van der Waals surface area contributed by atoms with E-state index in [-0.39, 0.29) is 12.6 Å². The molecule has 1 fully saturated rings. The second kappa shape index (κ2) is 6.21. The smallest absolute Gasteiger partial charge is 0.407 e. The van der Waals surface area contributed by atoms with Crippen LogP contribution in [0.3, 0.4) is 0 Å². The summed E-state index contributed by atoms with van der Waals surface area (Å²) in [6, 6.07) is -0.253. The molecule has 1 saturated heterocycles. The molecule has 0 aromatic heterocycles. The van der Waals surface area contributed by atoms with Crippen LogP contribution in [0.15, 0.2) is 0 Å². The molecular weight excluding hydrogens is 222 g/mol. The summed E-state index contributed by atoms with van der Waals surface area (Å²) in [7, 11) is 0. The van der Waals surface area contributed by atoms with Gasteiger partial charge in [-0.25, -0.2) is 4.79 Å². The van der Waals surface area contributed by atoms with Crippen molar-refractivity contribution in [3.8, 4) is 0 Å². The summed E-state index contributed by atoms with van der Waals surface area (Å²) in [5.74, 6) is 0.419. The topological polar surface area (TPSA) is 67.8 Å². The molecule has 0 radical (unpaired) electrons. The molecule has 17 heavy (non-hydrogen) atoms. The lowest BCUT2D eigenvalue weighted by Crippen LogP contribution is -2.42. The van der Waals surface area contributed by atoms with E-state index < -0.39 is 11.7 Å². The van der Waals surface area contributed by atoms with Crippen LogP contribution in [0.25, 0.3) is 0 Å². The molecule has 0 saturated carbocycles. The maximum Gasteiger partial charge on any atom is 0.407 e. The van der Waals surface area contributed by atoms with Gasteiger partial charge in [0.1, 0.15) is 5.60 Å². The van der Waals surface area contributed by atoms with Crippen LogP contribution in [-0.2, 0) is 9.47 Å². The first-order valence-electron chi connectivity index (χ1n) is 6.09. The molecule has 0 spiro atoms. The highest BCUT2D eigenvalue weighted by Gasteiger charge is 2.23. The van der Waals surface area contributed by atoms with Crippen molar-refractivity contribution in [3.05, 3.63) is 0 Å². The monoisotopic (exact) mass is 245 g/mol. The number of aliphatic hydroxyl groups excluding tert-OH is 1. The molecule has 5 nitrogen and oxygen atoms in total. The average molecular weight is 245 g/mol. The Bertz CT molecular complexity index is 243. The summed E-state index contributed by atoms with van der Waals surface area (Å²) in [5.41, 5.74) is -0.513. The predicted molar refractivity (Wildman–Crippen MR) is 63.8 cm³/mol. The van der Waals surface area contributed by atoms with E-state index in [1.54, 1.807) is 0 Å². The minimum absolute atomic E-state index is 0.0737. The number of hydrogen-bond donors (Lipinski definition) is 2. The first-order chi connectivity index (χ1) is 7.90. The van der Waals surface area contributed by atoms with E-state index >= 15 is 0 Å². The maximum absolute atomic E-state index is 11.5. The van der Waals surface area contributed by atoms with E-state index in [2.05, 4.69) is 5.32 Å². The van der Waals surface area contributed by atoms with Crippen molar-refractivity contribution in [2.24, 2.45) is 5.92 Å². The molecule has 1 amide bonds. The molecule has 2 atom stereocenters. The standard InChI is InChI=1S/C12H23NO4/c1-12(2,3)17-11(15)13-10(7-14)6-9-4-5-16-8-9/h9-10,14H,4-8H2,1-3H3,(H,13,15). The number of ether oxygens (including phenoxy) is 2. The molecule has 1 rings (SSSR count). The third-order valence-electron chi connectivity index (χ3n) is 2.58. The Kier molecular flexibility index (Phi) is 5.21. The summed E-state index contributed by atoms with van der Waals surface area (Å²) < 4.78 is 10.4. The van der Waals surface area contributed by atoms with Crippen LogP contribution in [0.1, 0.15) is 33.6 Å². The van der Waals surface area contributed by atoms with Gasteiger partial charge in [-0.1, -0.05) is 0 Å². The lowest BCUT2D eigenvalue weighted by atomic mass is 10.00. The van der Waals surface area contributed by atoms with Crippen LogP contribution in [0.2, 0.25) is 0 Å². The summed E-state index contributed by atoms with van der Waals surface area (Å²) in [4.78, 5) is 11.5. The molecule has 0 aromatic carbocycles. The Balaban J connectivity index is 2.32. The zero-order valence-electron chi connectivity index (χ0n) is 10.9. The minimum Gasteiger partial charge on any atom is -0.444 e. The van der Waals surface area contributed by atoms with Gasteiger partial charge < -0.3 is 19.9 Å². The molecule has 1 aliphatic heterocycles. The van der Waals surface area contributed by atoms with Gasteiger partial charge in [0.15, 0.2) is 0 Å². The van der Waals surface area contributed by atoms with E-state index in [0.717, 1.165) is 19.4 Å². The molecule has 2 N–H and O–H groups in total. The summed E-state index contributed by atoms with van der Waals surface area (Å²) in [6.45, 7) is 6.85. The molecular formula is C12H23NO4. The number of hydrogen-bond acceptors (Lipinski definition) is 4. The second-order valence-electron chi connectivity index (χ2n) is 5.49. The zero-order chi connectivity index (χ0) is 12.9. The third-order valence-corrected chi connectivity index (χ3v) is 2.58. The van der Waals surface area contributed by atoms with Crippen molar-refractivity contribution in [2.45, 2.75) is 45.3 Å². The molecule has 1 heterocycles. The van der Waals surface area contributed by atoms with Crippen LogP contribution in [0.5, 0.6) is 0 Å². The minimum atomic E-state index is -0.513. The first kappa shape index (κ1) is 14.3. The first-order valence-corrected chi connectivity index (χ1v) is 6.09. The fourth-order valence-corrected chi connectivity index (χ4v) is 1.82. The normalized spacial score (nSPS) is 22.2. The molecule has 0 aromatic rings.